The summed E-state index contributed by atoms with van der Waals surface area (Å²) in [6, 6.07) is 25.2. The molecule has 0 bridgehead atoms. The van der Waals surface area contributed by atoms with E-state index < -0.39 is 16.0 Å². The van der Waals surface area contributed by atoms with Gasteiger partial charge in [-0.1, -0.05) is 42.5 Å². The van der Waals surface area contributed by atoms with Crippen LogP contribution in [0, 0.1) is 0 Å². The molecule has 0 radical (unpaired) electrons. The number of thiophene rings is 1. The van der Waals surface area contributed by atoms with Gasteiger partial charge in [0.15, 0.2) is 0 Å². The third-order valence-corrected chi connectivity index (χ3v) is 11.3. The number of furan rings is 1. The summed E-state index contributed by atoms with van der Waals surface area (Å²) >= 11 is 4.84. The zero-order valence-electron chi connectivity index (χ0n) is 25.1. The van der Waals surface area contributed by atoms with Crippen LogP contribution in [0.15, 0.2) is 104 Å². The predicted octanol–water partition coefficient (Wildman–Crippen LogP) is 6.83. The van der Waals surface area contributed by atoms with Gasteiger partial charge in [-0.05, 0) is 77.3 Å². The number of carbonyl (C=O) groups excluding carboxylic acids is 2. The summed E-state index contributed by atoms with van der Waals surface area (Å²) in [5.41, 5.74) is 2.73. The van der Waals surface area contributed by atoms with E-state index in [1.165, 1.54) is 33.8 Å². The summed E-state index contributed by atoms with van der Waals surface area (Å²) in [6.45, 7) is 4.24. The van der Waals surface area contributed by atoms with E-state index in [1.54, 1.807) is 13.0 Å². The van der Waals surface area contributed by atoms with Gasteiger partial charge in [0, 0.05) is 48.0 Å². The molecule has 2 aromatic heterocycles. The molecule has 5 aromatic rings. The number of piperazine rings is 1. The third-order valence-electron chi connectivity index (χ3n) is 7.84. The Morgan fingerprint density at radius 3 is 2.41 bits per heavy atom. The van der Waals surface area contributed by atoms with Crippen LogP contribution < -0.4 is 9.21 Å². The second-order valence-corrected chi connectivity index (χ2v) is 14.4. The van der Waals surface area contributed by atoms with Gasteiger partial charge in [-0.3, -0.25) is 9.10 Å². The Hall–Kier alpha value is -4.13. The quantitative estimate of drug-likeness (QED) is 0.146. The van der Waals surface area contributed by atoms with Gasteiger partial charge in [0.1, 0.15) is 5.58 Å². The molecular weight excluding hydrogens is 690 g/mol. The number of amides is 1. The summed E-state index contributed by atoms with van der Waals surface area (Å²) in [4.78, 5) is 30.1. The highest BCUT2D eigenvalue weighted by Crippen LogP contribution is 2.35. The normalized spacial score (nSPS) is 13.6. The number of para-hydroxylation sites is 2. The fraction of sp³-hybridized carbons (Fsp3) is 0.235. The molecule has 3 heterocycles. The van der Waals surface area contributed by atoms with E-state index in [1.807, 2.05) is 70.9 Å². The van der Waals surface area contributed by atoms with Crippen molar-refractivity contribution in [3.63, 3.8) is 0 Å². The molecule has 238 valence electrons. The number of sulfonamides is 1. The number of fused-ring (bicyclic) bond motifs is 1. The van der Waals surface area contributed by atoms with E-state index in [0.717, 1.165) is 15.7 Å². The van der Waals surface area contributed by atoms with Crippen LogP contribution >= 0.6 is 27.3 Å². The van der Waals surface area contributed by atoms with Crippen LogP contribution in [-0.2, 0) is 21.2 Å². The molecule has 6 rings (SSSR count). The van der Waals surface area contributed by atoms with Crippen molar-refractivity contribution in [3.05, 3.63) is 111 Å². The molecule has 1 aliphatic heterocycles. The topological polar surface area (TPSA) is 100 Å². The van der Waals surface area contributed by atoms with Crippen LogP contribution in [0.25, 0.3) is 11.0 Å². The first kappa shape index (κ1) is 31.8. The third kappa shape index (κ3) is 6.69. The van der Waals surface area contributed by atoms with Crippen LogP contribution in [-0.4, -0.2) is 64.5 Å². The summed E-state index contributed by atoms with van der Waals surface area (Å²) in [5, 5.41) is 2.38. The van der Waals surface area contributed by atoms with Crippen molar-refractivity contribution in [2.24, 2.45) is 0 Å². The number of ether oxygens (including phenoxy) is 1. The van der Waals surface area contributed by atoms with Crippen LogP contribution in [0.3, 0.4) is 0 Å². The first-order valence-corrected chi connectivity index (χ1v) is 18.0. The van der Waals surface area contributed by atoms with Crippen molar-refractivity contribution < 1.29 is 27.2 Å². The van der Waals surface area contributed by atoms with Crippen molar-refractivity contribution in [1.82, 2.24) is 4.90 Å². The number of esters is 1. The molecule has 12 heteroatoms. The van der Waals surface area contributed by atoms with Gasteiger partial charge in [-0.25, -0.2) is 13.2 Å². The van der Waals surface area contributed by atoms with Gasteiger partial charge in [-0.2, -0.15) is 0 Å². The predicted molar refractivity (Wildman–Crippen MR) is 183 cm³/mol. The Morgan fingerprint density at radius 2 is 1.70 bits per heavy atom. The molecule has 0 unspecified atom stereocenters. The highest BCUT2D eigenvalue weighted by molar-refractivity contribution is 9.10. The molecule has 0 saturated carbocycles. The summed E-state index contributed by atoms with van der Waals surface area (Å²) in [5.74, 6) is -0.593. The van der Waals surface area contributed by atoms with Crippen molar-refractivity contribution in [1.29, 1.82) is 0 Å². The fourth-order valence-corrected chi connectivity index (χ4v) is 8.44. The molecule has 0 N–H and O–H groups in total. The Balaban J connectivity index is 1.31. The second-order valence-electron chi connectivity index (χ2n) is 10.7. The lowest BCUT2D eigenvalue weighted by Crippen LogP contribution is -2.49. The number of benzene rings is 3. The minimum atomic E-state index is -4.07. The first-order chi connectivity index (χ1) is 22.2. The van der Waals surface area contributed by atoms with E-state index >= 15 is 0 Å². The minimum absolute atomic E-state index is 0.00328. The van der Waals surface area contributed by atoms with Gasteiger partial charge < -0.3 is 19.0 Å². The SMILES string of the molecule is CCOC(=O)c1cc2cc(S(=O)(=O)N(CCc3ccccc3)c3ccccc3N3CCN(C(=O)c4cc(Br)cs4)CC3)ccc2o1. The Kier molecular flexibility index (Phi) is 9.48. The van der Waals surface area contributed by atoms with E-state index in [0.29, 0.717) is 54.1 Å². The average molecular weight is 723 g/mol. The molecular formula is C34H32BrN3O6S2. The minimum Gasteiger partial charge on any atom is -0.460 e. The number of anilines is 2. The van der Waals surface area contributed by atoms with Gasteiger partial charge in [0.2, 0.25) is 5.76 Å². The number of halogens is 1. The lowest BCUT2D eigenvalue weighted by molar-refractivity contribution is 0.0492. The second kappa shape index (κ2) is 13.7. The van der Waals surface area contributed by atoms with Crippen LogP contribution in [0.1, 0.15) is 32.7 Å². The maximum absolute atomic E-state index is 14.5. The lowest BCUT2D eigenvalue weighted by Gasteiger charge is -2.38. The summed E-state index contributed by atoms with van der Waals surface area (Å²) < 4.78 is 42.0. The van der Waals surface area contributed by atoms with Crippen molar-refractivity contribution in [3.8, 4) is 0 Å². The molecule has 1 saturated heterocycles. The summed E-state index contributed by atoms with van der Waals surface area (Å²) in [6.07, 6.45) is 0.494. The zero-order chi connectivity index (χ0) is 32.3. The van der Waals surface area contributed by atoms with Crippen molar-refractivity contribution in [2.45, 2.75) is 18.2 Å². The number of nitrogens with zero attached hydrogens (tertiary/aromatic N) is 3. The Bertz CT molecular complexity index is 1970. The van der Waals surface area contributed by atoms with Crippen molar-refractivity contribution >= 4 is 71.5 Å². The van der Waals surface area contributed by atoms with Crippen LogP contribution in [0.4, 0.5) is 11.4 Å². The fourth-order valence-electron chi connectivity index (χ4n) is 5.53. The largest absolute Gasteiger partial charge is 0.460 e. The molecule has 1 fully saturated rings. The van der Waals surface area contributed by atoms with E-state index in [4.69, 9.17) is 9.15 Å². The van der Waals surface area contributed by atoms with Crippen LogP contribution in [0.5, 0.6) is 0 Å². The zero-order valence-corrected chi connectivity index (χ0v) is 28.3. The van der Waals surface area contributed by atoms with Gasteiger partial charge in [-0.15, -0.1) is 11.3 Å². The van der Waals surface area contributed by atoms with Crippen LogP contribution in [0.2, 0.25) is 0 Å². The number of hydrogen-bond donors (Lipinski definition) is 0. The summed E-state index contributed by atoms with van der Waals surface area (Å²) in [7, 11) is -4.07. The number of hydrogen-bond acceptors (Lipinski definition) is 8. The Morgan fingerprint density at radius 1 is 0.957 bits per heavy atom. The molecule has 3 aromatic carbocycles. The highest BCUT2D eigenvalue weighted by Gasteiger charge is 2.31. The lowest BCUT2D eigenvalue weighted by atomic mass is 10.1. The highest BCUT2D eigenvalue weighted by atomic mass is 79.9. The average Bonchev–Trinajstić information content (AvgIpc) is 3.71. The molecule has 0 aliphatic carbocycles. The van der Waals surface area contributed by atoms with E-state index in [2.05, 4.69) is 20.8 Å². The number of carbonyl (C=O) groups is 2. The smallest absolute Gasteiger partial charge is 0.374 e. The van der Waals surface area contributed by atoms with E-state index in [9.17, 15) is 18.0 Å². The van der Waals surface area contributed by atoms with Gasteiger partial charge >= 0.3 is 5.97 Å². The molecule has 1 amide bonds. The standard InChI is InChI=1S/C34H32BrN3O6S2/c1-2-43-34(40)31-21-25-20-27(12-13-30(25)44-31)46(41,42)38(15-14-24-8-4-3-5-9-24)29-11-7-6-10-28(29)36-16-18-37(19-17-36)33(39)32-22-26(35)23-45-32/h3-13,20-23H,2,14-19H2,1H3. The molecule has 9 nitrogen and oxygen atoms in total. The Labute approximate surface area is 280 Å². The number of rotatable bonds is 10. The van der Waals surface area contributed by atoms with Gasteiger partial charge in [0.25, 0.3) is 15.9 Å². The van der Waals surface area contributed by atoms with Gasteiger partial charge in [0.05, 0.1) is 27.8 Å². The molecule has 1 aliphatic rings. The van der Waals surface area contributed by atoms with E-state index in [-0.39, 0.29) is 29.7 Å². The monoisotopic (exact) mass is 721 g/mol. The molecule has 0 spiro atoms. The molecule has 46 heavy (non-hydrogen) atoms. The molecule has 0 atom stereocenters. The first-order valence-electron chi connectivity index (χ1n) is 14.9. The maximum Gasteiger partial charge on any atom is 0.374 e. The van der Waals surface area contributed by atoms with Crippen molar-refractivity contribution in [2.75, 3.05) is 48.5 Å². The maximum atomic E-state index is 14.5.